The molecule has 3 N–H and O–H groups in total. The Bertz CT molecular complexity index is 773. The Hall–Kier alpha value is -3.09. The summed E-state index contributed by atoms with van der Waals surface area (Å²) >= 11 is 0. The summed E-state index contributed by atoms with van der Waals surface area (Å²) in [5.74, 6) is -1.94. The number of amides is 2. The molecule has 0 aliphatic carbocycles. The van der Waals surface area contributed by atoms with E-state index in [1.807, 2.05) is 6.07 Å². The molecule has 24 heavy (non-hydrogen) atoms. The van der Waals surface area contributed by atoms with Crippen LogP contribution in [0.2, 0.25) is 0 Å². The van der Waals surface area contributed by atoms with Crippen LogP contribution in [0.25, 0.3) is 10.8 Å². The summed E-state index contributed by atoms with van der Waals surface area (Å²) in [6.45, 7) is 1.50. The molecule has 0 heterocycles. The van der Waals surface area contributed by atoms with Crippen LogP contribution in [-0.4, -0.2) is 42.6 Å². The zero-order chi connectivity index (χ0) is 17.5. The number of phenols is 1. The summed E-state index contributed by atoms with van der Waals surface area (Å²) in [7, 11) is 0. The second-order valence-electron chi connectivity index (χ2n) is 4.99. The molecule has 0 unspecified atom stereocenters. The number of nitrogens with one attached hydrogen (secondary N) is 2. The first kappa shape index (κ1) is 17.3. The van der Waals surface area contributed by atoms with Gasteiger partial charge in [-0.2, -0.15) is 0 Å². The van der Waals surface area contributed by atoms with Crippen molar-refractivity contribution in [1.29, 1.82) is 0 Å². The molecular weight excluding hydrogens is 312 g/mol. The van der Waals surface area contributed by atoms with Crippen molar-refractivity contribution in [2.24, 2.45) is 0 Å². The Labute approximate surface area is 138 Å². The topological polar surface area (TPSA) is 105 Å². The van der Waals surface area contributed by atoms with Crippen LogP contribution >= 0.6 is 0 Å². The number of esters is 1. The second kappa shape index (κ2) is 7.96. The second-order valence-corrected chi connectivity index (χ2v) is 4.99. The first-order valence-corrected chi connectivity index (χ1v) is 7.44. The number of phenolic OH excluding ortho intramolecular Hbond substituents is 1. The Morgan fingerprint density at radius 2 is 1.79 bits per heavy atom. The third-order valence-corrected chi connectivity index (χ3v) is 3.27. The molecule has 126 valence electrons. The molecule has 2 amide bonds. The number of hydrogen-bond acceptors (Lipinski definition) is 5. The summed E-state index contributed by atoms with van der Waals surface area (Å²) in [4.78, 5) is 34.8. The fourth-order valence-corrected chi connectivity index (χ4v) is 2.12. The molecule has 0 saturated carbocycles. The highest BCUT2D eigenvalue weighted by molar-refractivity contribution is 6.01. The molecule has 0 spiro atoms. The molecule has 2 rings (SSSR count). The minimum atomic E-state index is -0.814. The van der Waals surface area contributed by atoms with Crippen molar-refractivity contribution >= 4 is 28.6 Å². The van der Waals surface area contributed by atoms with Crippen molar-refractivity contribution < 1.29 is 24.2 Å². The number of rotatable bonds is 6. The molecule has 0 radical (unpaired) electrons. The van der Waals surface area contributed by atoms with Crippen LogP contribution in [-0.2, 0) is 14.3 Å². The van der Waals surface area contributed by atoms with Crippen LogP contribution < -0.4 is 10.6 Å². The highest BCUT2D eigenvalue weighted by atomic mass is 16.5. The van der Waals surface area contributed by atoms with Gasteiger partial charge in [0, 0.05) is 11.9 Å². The largest absolute Gasteiger partial charge is 0.506 e. The van der Waals surface area contributed by atoms with E-state index in [1.54, 1.807) is 31.2 Å². The van der Waals surface area contributed by atoms with E-state index in [0.29, 0.717) is 11.9 Å². The van der Waals surface area contributed by atoms with E-state index in [2.05, 4.69) is 10.6 Å². The van der Waals surface area contributed by atoms with Crippen molar-refractivity contribution in [2.45, 2.75) is 6.92 Å². The van der Waals surface area contributed by atoms with Gasteiger partial charge in [0.15, 0.2) is 6.61 Å². The molecule has 0 saturated heterocycles. The van der Waals surface area contributed by atoms with Gasteiger partial charge >= 0.3 is 5.97 Å². The van der Waals surface area contributed by atoms with E-state index in [0.717, 1.165) is 5.39 Å². The van der Waals surface area contributed by atoms with E-state index in [-0.39, 0.29) is 23.8 Å². The Kier molecular flexibility index (Phi) is 5.73. The summed E-state index contributed by atoms with van der Waals surface area (Å²) in [5.41, 5.74) is -0.0229. The zero-order valence-electron chi connectivity index (χ0n) is 13.2. The van der Waals surface area contributed by atoms with Gasteiger partial charge in [-0.25, -0.2) is 4.79 Å². The van der Waals surface area contributed by atoms with Gasteiger partial charge in [-0.1, -0.05) is 30.3 Å². The molecule has 7 nitrogen and oxygen atoms in total. The van der Waals surface area contributed by atoms with E-state index >= 15 is 0 Å². The number of ether oxygens (including phenoxy) is 1. The average molecular weight is 330 g/mol. The van der Waals surface area contributed by atoms with Gasteiger partial charge in [0.25, 0.3) is 5.91 Å². The standard InChI is InChI=1S/C17H18N2O5/c1-2-18-14(20)9-19-15(21)10-24-17(23)13-8-7-11-5-3-4-6-12(11)16(13)22/h3-8,22H,2,9-10H2,1H3,(H,18,20)(H,19,21). The van der Waals surface area contributed by atoms with Gasteiger partial charge in [0.2, 0.25) is 5.91 Å². The Morgan fingerprint density at radius 3 is 2.54 bits per heavy atom. The predicted molar refractivity (Wildman–Crippen MR) is 87.6 cm³/mol. The highest BCUT2D eigenvalue weighted by Crippen LogP contribution is 2.28. The fourth-order valence-electron chi connectivity index (χ4n) is 2.12. The number of carbonyl (C=O) groups excluding carboxylic acids is 3. The first-order valence-electron chi connectivity index (χ1n) is 7.44. The van der Waals surface area contributed by atoms with Crippen molar-refractivity contribution in [2.75, 3.05) is 19.7 Å². The van der Waals surface area contributed by atoms with E-state index in [9.17, 15) is 19.5 Å². The van der Waals surface area contributed by atoms with Gasteiger partial charge in [0.1, 0.15) is 11.3 Å². The van der Waals surface area contributed by atoms with E-state index in [4.69, 9.17) is 4.74 Å². The lowest BCUT2D eigenvalue weighted by atomic mass is 10.1. The minimum Gasteiger partial charge on any atom is -0.506 e. The molecule has 0 aliphatic rings. The summed E-state index contributed by atoms with van der Waals surface area (Å²) in [6, 6.07) is 10.2. The number of fused-ring (bicyclic) bond motifs is 1. The number of carbonyl (C=O) groups is 3. The highest BCUT2D eigenvalue weighted by Gasteiger charge is 2.16. The zero-order valence-corrected chi connectivity index (χ0v) is 13.2. The molecule has 0 aromatic heterocycles. The third-order valence-electron chi connectivity index (χ3n) is 3.27. The lowest BCUT2D eigenvalue weighted by Gasteiger charge is -2.09. The molecule has 0 bridgehead atoms. The molecule has 2 aromatic carbocycles. The van der Waals surface area contributed by atoms with Crippen LogP contribution in [0.15, 0.2) is 36.4 Å². The molecule has 0 fully saturated rings. The quantitative estimate of drug-likeness (QED) is 0.684. The monoisotopic (exact) mass is 330 g/mol. The van der Waals surface area contributed by atoms with Crippen LogP contribution in [0.3, 0.4) is 0 Å². The van der Waals surface area contributed by atoms with Gasteiger partial charge < -0.3 is 20.5 Å². The molecule has 2 aromatic rings. The molecule has 7 heteroatoms. The number of benzene rings is 2. The van der Waals surface area contributed by atoms with E-state index < -0.39 is 18.5 Å². The first-order chi connectivity index (χ1) is 11.5. The molecular formula is C17H18N2O5. The van der Waals surface area contributed by atoms with Gasteiger partial charge in [-0.3, -0.25) is 9.59 Å². The maximum atomic E-state index is 12.0. The number of hydrogen-bond donors (Lipinski definition) is 3. The van der Waals surface area contributed by atoms with Crippen molar-refractivity contribution in [3.8, 4) is 5.75 Å². The number of likely N-dealkylation sites (N-methyl/N-ethyl adjacent to an activating group) is 1. The average Bonchev–Trinajstić information content (AvgIpc) is 2.58. The predicted octanol–water partition coefficient (Wildman–Crippen LogP) is 0.954. The van der Waals surface area contributed by atoms with Gasteiger partial charge in [-0.05, 0) is 18.4 Å². The van der Waals surface area contributed by atoms with Gasteiger partial charge in [-0.15, -0.1) is 0 Å². The lowest BCUT2D eigenvalue weighted by molar-refractivity contribution is -0.127. The van der Waals surface area contributed by atoms with Crippen molar-refractivity contribution in [1.82, 2.24) is 10.6 Å². The fraction of sp³-hybridized carbons (Fsp3) is 0.235. The van der Waals surface area contributed by atoms with Crippen molar-refractivity contribution in [3.63, 3.8) is 0 Å². The molecule has 0 aliphatic heterocycles. The van der Waals surface area contributed by atoms with E-state index in [1.165, 1.54) is 6.07 Å². The maximum absolute atomic E-state index is 12.0. The number of aromatic hydroxyl groups is 1. The lowest BCUT2D eigenvalue weighted by Crippen LogP contribution is -2.38. The Morgan fingerprint density at radius 1 is 1.04 bits per heavy atom. The summed E-state index contributed by atoms with van der Waals surface area (Å²) < 4.78 is 4.87. The summed E-state index contributed by atoms with van der Waals surface area (Å²) in [5, 5.41) is 16.3. The molecule has 0 atom stereocenters. The Balaban J connectivity index is 1.94. The normalized spacial score (nSPS) is 10.2. The smallest absolute Gasteiger partial charge is 0.342 e. The SMILES string of the molecule is CCNC(=O)CNC(=O)COC(=O)c1ccc2ccccc2c1O. The third kappa shape index (κ3) is 4.22. The van der Waals surface area contributed by atoms with Gasteiger partial charge in [0.05, 0.1) is 6.54 Å². The van der Waals surface area contributed by atoms with Crippen molar-refractivity contribution in [3.05, 3.63) is 42.0 Å². The van der Waals surface area contributed by atoms with Crippen LogP contribution in [0.1, 0.15) is 17.3 Å². The van der Waals surface area contributed by atoms with Crippen LogP contribution in [0, 0.1) is 0 Å². The maximum Gasteiger partial charge on any atom is 0.342 e. The minimum absolute atomic E-state index is 0.0229. The summed E-state index contributed by atoms with van der Waals surface area (Å²) in [6.07, 6.45) is 0. The van der Waals surface area contributed by atoms with Crippen LogP contribution in [0.5, 0.6) is 5.75 Å². The van der Waals surface area contributed by atoms with Crippen LogP contribution in [0.4, 0.5) is 0 Å².